The van der Waals surface area contributed by atoms with Crippen molar-refractivity contribution in [1.82, 2.24) is 9.97 Å². The molecule has 1 atom stereocenters. The highest BCUT2D eigenvalue weighted by Crippen LogP contribution is 2.31. The van der Waals surface area contributed by atoms with E-state index in [0.717, 1.165) is 68.6 Å². The number of piperidine rings is 1. The molecular weight excluding hydrogens is 416 g/mol. The topological polar surface area (TPSA) is 119 Å². The number of benzene rings is 1. The van der Waals surface area contributed by atoms with E-state index in [-0.39, 0.29) is 17.6 Å². The number of amides is 1. The minimum atomic E-state index is -0.346. The lowest BCUT2D eigenvalue weighted by Crippen LogP contribution is -2.43. The first-order valence-electron chi connectivity index (χ1n) is 11.6. The summed E-state index contributed by atoms with van der Waals surface area (Å²) in [7, 11) is 0. The Labute approximate surface area is 193 Å². The van der Waals surface area contributed by atoms with Crippen molar-refractivity contribution in [2.45, 2.75) is 37.6 Å². The standard InChI is InChI=1S/C25H30N6O2/c26-19-2-1-9-31(15-19)23-5-8-28-14-22(23)30-25(32)24-20(27)12-18-4-3-17(13-21(18)29-24)16-6-10-33-11-7-16/h3-5,8,12-14,16,19H,1-2,6-7,9-11,15,26-27H2,(H,30,32)/t19-/m0/s1. The third kappa shape index (κ3) is 4.62. The van der Waals surface area contributed by atoms with E-state index in [1.54, 1.807) is 12.4 Å². The molecule has 0 bridgehead atoms. The van der Waals surface area contributed by atoms with Crippen LogP contribution in [0.5, 0.6) is 0 Å². The van der Waals surface area contributed by atoms with E-state index in [9.17, 15) is 4.79 Å². The minimum Gasteiger partial charge on any atom is -0.397 e. The number of carbonyl (C=O) groups excluding carboxylic acids is 1. The maximum Gasteiger partial charge on any atom is 0.276 e. The Bertz CT molecular complexity index is 1160. The third-order valence-electron chi connectivity index (χ3n) is 6.62. The number of aromatic nitrogens is 2. The van der Waals surface area contributed by atoms with E-state index >= 15 is 0 Å². The number of ether oxygens (including phenoxy) is 1. The molecule has 2 aromatic heterocycles. The van der Waals surface area contributed by atoms with Crippen LogP contribution in [0.15, 0.2) is 42.7 Å². The molecule has 4 heterocycles. The molecule has 8 nitrogen and oxygen atoms in total. The van der Waals surface area contributed by atoms with Gasteiger partial charge >= 0.3 is 0 Å². The Kier molecular flexibility index (Phi) is 6.11. The zero-order chi connectivity index (χ0) is 22.8. The normalized spacial score (nSPS) is 19.5. The molecule has 8 heteroatoms. The van der Waals surface area contributed by atoms with Crippen molar-refractivity contribution in [3.05, 3.63) is 54.0 Å². The Balaban J connectivity index is 1.42. The molecule has 2 aliphatic heterocycles. The summed E-state index contributed by atoms with van der Waals surface area (Å²) >= 11 is 0. The average Bonchev–Trinajstić information content (AvgIpc) is 2.84. The van der Waals surface area contributed by atoms with Crippen molar-refractivity contribution < 1.29 is 9.53 Å². The predicted octanol–water partition coefficient (Wildman–Crippen LogP) is 3.29. The number of rotatable bonds is 4. The molecule has 0 spiro atoms. The van der Waals surface area contributed by atoms with Crippen molar-refractivity contribution in [2.24, 2.45) is 5.73 Å². The summed E-state index contributed by atoms with van der Waals surface area (Å²) in [5, 5.41) is 3.90. The van der Waals surface area contributed by atoms with Gasteiger partial charge < -0.3 is 26.4 Å². The van der Waals surface area contributed by atoms with Gasteiger partial charge in [-0.05, 0) is 55.4 Å². The molecule has 0 aliphatic carbocycles. The molecule has 2 aliphatic rings. The van der Waals surface area contributed by atoms with Crippen molar-refractivity contribution in [3.8, 4) is 0 Å². The van der Waals surface area contributed by atoms with Gasteiger partial charge in [-0.15, -0.1) is 0 Å². The number of anilines is 3. The van der Waals surface area contributed by atoms with Gasteiger partial charge in [0.1, 0.15) is 0 Å². The number of hydrogen-bond acceptors (Lipinski definition) is 7. The SMILES string of the molecule is Nc1cc2ccc(C3CCOCC3)cc2nc1C(=O)Nc1cnccc1N1CCC[C@H](N)C1. The summed E-state index contributed by atoms with van der Waals surface area (Å²) in [6.45, 7) is 3.20. The lowest BCUT2D eigenvalue weighted by atomic mass is 9.91. The van der Waals surface area contributed by atoms with Crippen LogP contribution in [0.1, 0.15) is 47.7 Å². The number of nitrogen functional groups attached to an aromatic ring is 1. The van der Waals surface area contributed by atoms with Crippen LogP contribution in [0.4, 0.5) is 17.1 Å². The molecule has 1 amide bonds. The number of nitrogens with one attached hydrogen (secondary N) is 1. The highest BCUT2D eigenvalue weighted by Gasteiger charge is 2.22. The van der Waals surface area contributed by atoms with Gasteiger partial charge in [-0.25, -0.2) is 4.98 Å². The fourth-order valence-electron chi connectivity index (χ4n) is 4.84. The maximum absolute atomic E-state index is 13.2. The second-order valence-corrected chi connectivity index (χ2v) is 8.96. The molecular formula is C25H30N6O2. The summed E-state index contributed by atoms with van der Waals surface area (Å²) in [6, 6.07) is 10.1. The summed E-state index contributed by atoms with van der Waals surface area (Å²) in [5.74, 6) is 0.107. The smallest absolute Gasteiger partial charge is 0.276 e. The van der Waals surface area contributed by atoms with E-state index in [2.05, 4.69) is 32.3 Å². The number of hydrogen-bond donors (Lipinski definition) is 3. The van der Waals surface area contributed by atoms with Crippen molar-refractivity contribution >= 4 is 33.9 Å². The number of fused-ring (bicyclic) bond motifs is 1. The largest absolute Gasteiger partial charge is 0.397 e. The molecule has 5 rings (SSSR count). The van der Waals surface area contributed by atoms with Gasteiger partial charge in [-0.3, -0.25) is 9.78 Å². The number of nitrogens with zero attached hydrogens (tertiary/aromatic N) is 3. The Morgan fingerprint density at radius 1 is 1.15 bits per heavy atom. The average molecular weight is 447 g/mol. The van der Waals surface area contributed by atoms with Gasteiger partial charge in [0.15, 0.2) is 5.69 Å². The zero-order valence-electron chi connectivity index (χ0n) is 18.7. The van der Waals surface area contributed by atoms with Crippen LogP contribution in [-0.2, 0) is 4.74 Å². The van der Waals surface area contributed by atoms with Crippen molar-refractivity contribution in [1.29, 1.82) is 0 Å². The predicted molar refractivity (Wildman–Crippen MR) is 131 cm³/mol. The molecule has 2 fully saturated rings. The van der Waals surface area contributed by atoms with Gasteiger partial charge in [0, 0.05) is 43.9 Å². The van der Waals surface area contributed by atoms with Crippen molar-refractivity contribution in [3.63, 3.8) is 0 Å². The van der Waals surface area contributed by atoms with Gasteiger partial charge in [0.2, 0.25) is 0 Å². The molecule has 0 unspecified atom stereocenters. The van der Waals surface area contributed by atoms with Crippen molar-refractivity contribution in [2.75, 3.05) is 42.3 Å². The van der Waals surface area contributed by atoms with Gasteiger partial charge in [0.05, 0.1) is 28.8 Å². The highest BCUT2D eigenvalue weighted by molar-refractivity contribution is 6.09. The molecule has 0 saturated carbocycles. The number of pyridine rings is 2. The number of carbonyl (C=O) groups is 1. The highest BCUT2D eigenvalue weighted by atomic mass is 16.5. The summed E-state index contributed by atoms with van der Waals surface area (Å²) < 4.78 is 5.49. The van der Waals surface area contributed by atoms with Crippen LogP contribution in [0.25, 0.3) is 10.9 Å². The van der Waals surface area contributed by atoms with Crippen LogP contribution in [0.2, 0.25) is 0 Å². The molecule has 3 aromatic rings. The fourth-order valence-corrected chi connectivity index (χ4v) is 4.84. The van der Waals surface area contributed by atoms with Gasteiger partial charge in [0.25, 0.3) is 5.91 Å². The minimum absolute atomic E-state index is 0.123. The quantitative estimate of drug-likeness (QED) is 0.562. The summed E-state index contributed by atoms with van der Waals surface area (Å²) in [5.41, 5.74) is 16.5. The molecule has 2 saturated heterocycles. The first-order valence-corrected chi connectivity index (χ1v) is 11.6. The molecule has 33 heavy (non-hydrogen) atoms. The Hall–Kier alpha value is -3.23. The lowest BCUT2D eigenvalue weighted by molar-refractivity contribution is 0.0853. The van der Waals surface area contributed by atoms with Crippen LogP contribution >= 0.6 is 0 Å². The second kappa shape index (κ2) is 9.33. The number of nitrogens with two attached hydrogens (primary N) is 2. The van der Waals surface area contributed by atoms with Crippen LogP contribution < -0.4 is 21.7 Å². The maximum atomic E-state index is 13.2. The van der Waals surface area contributed by atoms with Crippen LogP contribution in [-0.4, -0.2) is 48.2 Å². The van der Waals surface area contributed by atoms with Gasteiger partial charge in [-0.1, -0.05) is 12.1 Å². The van der Waals surface area contributed by atoms with E-state index < -0.39 is 0 Å². The fraction of sp³-hybridized carbons (Fsp3) is 0.400. The van der Waals surface area contributed by atoms with E-state index in [0.29, 0.717) is 17.3 Å². The van der Waals surface area contributed by atoms with Crippen LogP contribution in [0, 0.1) is 0 Å². The third-order valence-corrected chi connectivity index (χ3v) is 6.62. The van der Waals surface area contributed by atoms with Crippen LogP contribution in [0.3, 0.4) is 0 Å². The Morgan fingerprint density at radius 3 is 2.82 bits per heavy atom. The Morgan fingerprint density at radius 2 is 2.00 bits per heavy atom. The first kappa shape index (κ1) is 21.6. The summed E-state index contributed by atoms with van der Waals surface area (Å²) in [6.07, 6.45) is 7.41. The molecule has 1 aromatic carbocycles. The van der Waals surface area contributed by atoms with E-state index in [4.69, 9.17) is 16.2 Å². The first-order chi connectivity index (χ1) is 16.1. The van der Waals surface area contributed by atoms with Gasteiger partial charge in [-0.2, -0.15) is 0 Å². The van der Waals surface area contributed by atoms with E-state index in [1.165, 1.54) is 5.56 Å². The zero-order valence-corrected chi connectivity index (χ0v) is 18.7. The second-order valence-electron chi connectivity index (χ2n) is 8.96. The monoisotopic (exact) mass is 446 g/mol. The summed E-state index contributed by atoms with van der Waals surface area (Å²) in [4.78, 5) is 24.3. The van der Waals surface area contributed by atoms with E-state index in [1.807, 2.05) is 18.2 Å². The molecule has 5 N–H and O–H groups in total. The molecule has 172 valence electrons. The lowest BCUT2D eigenvalue weighted by Gasteiger charge is -2.33. The molecule has 0 radical (unpaired) electrons.